The van der Waals surface area contributed by atoms with Gasteiger partial charge in [0, 0.05) is 5.69 Å². The van der Waals surface area contributed by atoms with Crippen LogP contribution in [0.1, 0.15) is 18.4 Å². The number of aryl methyl sites for hydroxylation is 1. The largest absolute Gasteiger partial charge is 0.447 e. The molecular formula is C18H20N2O5. The predicted molar refractivity (Wildman–Crippen MR) is 87.7 cm³/mol. The van der Waals surface area contributed by atoms with Gasteiger partial charge in [0.15, 0.2) is 0 Å². The van der Waals surface area contributed by atoms with E-state index in [-0.39, 0.29) is 49.0 Å². The molecule has 1 aromatic rings. The van der Waals surface area contributed by atoms with Crippen LogP contribution < -0.4 is 5.32 Å². The minimum atomic E-state index is -0.603. The second kappa shape index (κ2) is 6.15. The summed E-state index contributed by atoms with van der Waals surface area (Å²) in [4.78, 5) is 38.0. The lowest BCUT2D eigenvalue weighted by molar-refractivity contribution is -0.143. The van der Waals surface area contributed by atoms with Gasteiger partial charge in [-0.2, -0.15) is 0 Å². The molecule has 4 unspecified atom stereocenters. The third-order valence-electron chi connectivity index (χ3n) is 5.19. The van der Waals surface area contributed by atoms with Crippen LogP contribution >= 0.6 is 0 Å². The summed E-state index contributed by atoms with van der Waals surface area (Å²) in [5.41, 5.74) is 1.66. The summed E-state index contributed by atoms with van der Waals surface area (Å²) < 4.78 is 10.8. The number of amides is 3. The Morgan fingerprint density at radius 2 is 1.92 bits per heavy atom. The highest BCUT2D eigenvalue weighted by atomic mass is 16.5. The van der Waals surface area contributed by atoms with Crippen LogP contribution in [0.4, 0.5) is 10.5 Å². The molecule has 0 radical (unpaired) electrons. The Kier molecular flexibility index (Phi) is 3.95. The number of nitrogens with one attached hydrogen (secondary N) is 1. The number of hydrogen-bond acceptors (Lipinski definition) is 5. The number of rotatable bonds is 4. The number of hydrogen-bond donors (Lipinski definition) is 1. The molecule has 1 aromatic carbocycles. The Balaban J connectivity index is 1.29. The Hall–Kier alpha value is -2.41. The number of imide groups is 1. The van der Waals surface area contributed by atoms with E-state index >= 15 is 0 Å². The van der Waals surface area contributed by atoms with Gasteiger partial charge in [0.25, 0.3) is 0 Å². The maximum Gasteiger partial charge on any atom is 0.411 e. The fourth-order valence-electron chi connectivity index (χ4n) is 4.10. The number of fused-ring (bicyclic) bond motifs is 5. The number of ether oxygens (including phenoxy) is 2. The van der Waals surface area contributed by atoms with Crippen LogP contribution in [0, 0.1) is 18.8 Å². The first-order chi connectivity index (χ1) is 12.0. The topological polar surface area (TPSA) is 84.9 Å². The van der Waals surface area contributed by atoms with E-state index in [0.717, 1.165) is 18.4 Å². The fraction of sp³-hybridized carbons (Fsp3) is 0.500. The van der Waals surface area contributed by atoms with Crippen molar-refractivity contribution in [2.24, 2.45) is 11.8 Å². The number of carbonyl (C=O) groups is 3. The molecule has 3 heterocycles. The van der Waals surface area contributed by atoms with Gasteiger partial charge in [-0.05, 0) is 37.5 Å². The van der Waals surface area contributed by atoms with Crippen LogP contribution in [0.25, 0.3) is 0 Å². The van der Waals surface area contributed by atoms with E-state index in [9.17, 15) is 14.4 Å². The van der Waals surface area contributed by atoms with Crippen molar-refractivity contribution >= 4 is 23.6 Å². The Labute approximate surface area is 145 Å². The molecule has 3 aliphatic heterocycles. The normalized spacial score (nSPS) is 29.9. The fourth-order valence-corrected chi connectivity index (χ4v) is 4.10. The molecule has 0 saturated carbocycles. The van der Waals surface area contributed by atoms with E-state index in [1.807, 2.05) is 25.1 Å². The maximum atomic E-state index is 12.5. The van der Waals surface area contributed by atoms with Gasteiger partial charge in [0.2, 0.25) is 11.8 Å². The standard InChI is InChI=1S/C18H20N2O5/c1-10-3-2-4-11(9-10)19-18(23)24-8-7-20-16(21)14-12-5-6-13(25-12)15(14)17(20)22/h2-4,9,12-15H,5-8H2,1H3,(H,19,23). The maximum absolute atomic E-state index is 12.5. The summed E-state index contributed by atoms with van der Waals surface area (Å²) in [5.74, 6) is -1.06. The highest BCUT2D eigenvalue weighted by molar-refractivity contribution is 6.06. The molecule has 0 aromatic heterocycles. The van der Waals surface area contributed by atoms with Crippen molar-refractivity contribution in [3.8, 4) is 0 Å². The minimum Gasteiger partial charge on any atom is -0.447 e. The summed E-state index contributed by atoms with van der Waals surface area (Å²) in [5, 5.41) is 2.63. The van der Waals surface area contributed by atoms with Gasteiger partial charge in [-0.15, -0.1) is 0 Å². The molecule has 0 spiro atoms. The second-order valence-electron chi connectivity index (χ2n) is 6.80. The van der Waals surface area contributed by atoms with Gasteiger partial charge < -0.3 is 9.47 Å². The SMILES string of the molecule is Cc1cccc(NC(=O)OCCN2C(=O)C3C4CCC(O4)C3C2=O)c1. The van der Waals surface area contributed by atoms with Crippen molar-refractivity contribution in [2.75, 3.05) is 18.5 Å². The van der Waals surface area contributed by atoms with Crippen molar-refractivity contribution in [1.82, 2.24) is 4.90 Å². The summed E-state index contributed by atoms with van der Waals surface area (Å²) in [6.07, 6.45) is 0.833. The van der Waals surface area contributed by atoms with Crippen LogP contribution in [-0.4, -0.2) is 48.2 Å². The van der Waals surface area contributed by atoms with Crippen LogP contribution in [0.5, 0.6) is 0 Å². The van der Waals surface area contributed by atoms with E-state index in [4.69, 9.17) is 9.47 Å². The summed E-state index contributed by atoms with van der Waals surface area (Å²) >= 11 is 0. The molecule has 132 valence electrons. The molecule has 1 N–H and O–H groups in total. The van der Waals surface area contributed by atoms with E-state index < -0.39 is 6.09 Å². The molecule has 0 aliphatic carbocycles. The van der Waals surface area contributed by atoms with Crippen LogP contribution in [0.15, 0.2) is 24.3 Å². The first kappa shape index (κ1) is 16.1. The molecule has 3 aliphatic rings. The molecular weight excluding hydrogens is 324 g/mol. The van der Waals surface area contributed by atoms with Crippen molar-refractivity contribution in [3.05, 3.63) is 29.8 Å². The molecule has 7 nitrogen and oxygen atoms in total. The number of carbonyl (C=O) groups excluding carboxylic acids is 3. The molecule has 2 bridgehead atoms. The zero-order chi connectivity index (χ0) is 17.6. The lowest BCUT2D eigenvalue weighted by atomic mass is 9.81. The highest BCUT2D eigenvalue weighted by Crippen LogP contribution is 2.48. The number of benzene rings is 1. The van der Waals surface area contributed by atoms with Gasteiger partial charge in [-0.25, -0.2) is 4.79 Å². The predicted octanol–water partition coefficient (Wildman–Crippen LogP) is 1.71. The zero-order valence-corrected chi connectivity index (χ0v) is 13.9. The number of likely N-dealkylation sites (tertiary alicyclic amines) is 1. The number of anilines is 1. The van der Waals surface area contributed by atoms with Gasteiger partial charge in [-0.1, -0.05) is 12.1 Å². The van der Waals surface area contributed by atoms with Crippen LogP contribution in [-0.2, 0) is 19.1 Å². The lowest BCUT2D eigenvalue weighted by Crippen LogP contribution is -2.37. The summed E-state index contributed by atoms with van der Waals surface area (Å²) in [6, 6.07) is 7.35. The van der Waals surface area contributed by atoms with E-state index in [1.54, 1.807) is 6.07 Å². The highest BCUT2D eigenvalue weighted by Gasteiger charge is 2.62. The average Bonchev–Trinajstić information content (AvgIpc) is 3.24. The molecule has 4 atom stereocenters. The molecule has 3 saturated heterocycles. The minimum absolute atomic E-state index is 0.0231. The Bertz CT molecular complexity index is 706. The zero-order valence-electron chi connectivity index (χ0n) is 13.9. The Morgan fingerprint density at radius 3 is 2.56 bits per heavy atom. The van der Waals surface area contributed by atoms with E-state index in [0.29, 0.717) is 5.69 Å². The van der Waals surface area contributed by atoms with Gasteiger partial charge in [0.05, 0.1) is 30.6 Å². The van der Waals surface area contributed by atoms with Gasteiger partial charge in [0.1, 0.15) is 6.61 Å². The van der Waals surface area contributed by atoms with Crippen molar-refractivity contribution in [1.29, 1.82) is 0 Å². The molecule has 7 heteroatoms. The smallest absolute Gasteiger partial charge is 0.411 e. The van der Waals surface area contributed by atoms with E-state index in [1.165, 1.54) is 4.90 Å². The third kappa shape index (κ3) is 2.78. The monoisotopic (exact) mass is 344 g/mol. The number of nitrogens with zero attached hydrogens (tertiary/aromatic N) is 1. The van der Waals surface area contributed by atoms with Crippen molar-refractivity contribution < 1.29 is 23.9 Å². The van der Waals surface area contributed by atoms with Crippen molar-refractivity contribution in [2.45, 2.75) is 32.0 Å². The molecule has 3 amide bonds. The van der Waals surface area contributed by atoms with Gasteiger partial charge in [-0.3, -0.25) is 19.8 Å². The first-order valence-corrected chi connectivity index (χ1v) is 8.56. The molecule has 4 rings (SSSR count). The quantitative estimate of drug-likeness (QED) is 0.841. The van der Waals surface area contributed by atoms with E-state index in [2.05, 4.69) is 5.32 Å². The molecule has 25 heavy (non-hydrogen) atoms. The van der Waals surface area contributed by atoms with Crippen LogP contribution in [0.2, 0.25) is 0 Å². The van der Waals surface area contributed by atoms with Gasteiger partial charge >= 0.3 is 6.09 Å². The molecule has 3 fully saturated rings. The lowest BCUT2D eigenvalue weighted by Gasteiger charge is -2.17. The Morgan fingerprint density at radius 1 is 1.24 bits per heavy atom. The summed E-state index contributed by atoms with van der Waals surface area (Å²) in [6.45, 7) is 1.99. The second-order valence-corrected chi connectivity index (χ2v) is 6.80. The van der Waals surface area contributed by atoms with Crippen molar-refractivity contribution in [3.63, 3.8) is 0 Å². The third-order valence-corrected chi connectivity index (χ3v) is 5.19. The van der Waals surface area contributed by atoms with Crippen LogP contribution in [0.3, 0.4) is 0 Å². The average molecular weight is 344 g/mol. The first-order valence-electron chi connectivity index (χ1n) is 8.56. The summed E-state index contributed by atoms with van der Waals surface area (Å²) in [7, 11) is 0.